The van der Waals surface area contributed by atoms with Crippen LogP contribution in [-0.4, -0.2) is 14.6 Å². The Bertz CT molecular complexity index is 893. The number of ether oxygens (including phenoxy) is 1. The first-order valence-corrected chi connectivity index (χ1v) is 7.73. The SMILES string of the molecule is CCc1nn2c(=O)cc(COc3ccc(F)cc3Cl)nc2s1. The highest BCUT2D eigenvalue weighted by atomic mass is 35.5. The lowest BCUT2D eigenvalue weighted by Crippen LogP contribution is -2.16. The van der Waals surface area contributed by atoms with E-state index in [0.717, 1.165) is 11.4 Å². The molecule has 1 aromatic carbocycles. The fraction of sp³-hybridized carbons (Fsp3) is 0.214. The Morgan fingerprint density at radius 2 is 2.23 bits per heavy atom. The minimum atomic E-state index is -0.438. The van der Waals surface area contributed by atoms with Gasteiger partial charge in [0.05, 0.1) is 10.7 Å². The second kappa shape index (κ2) is 6.02. The second-order valence-corrected chi connectivity index (χ2v) is 5.94. The lowest BCUT2D eigenvalue weighted by molar-refractivity contribution is 0.301. The van der Waals surface area contributed by atoms with Crippen molar-refractivity contribution in [3.8, 4) is 5.75 Å². The van der Waals surface area contributed by atoms with E-state index in [2.05, 4.69) is 10.1 Å². The maximum atomic E-state index is 13.0. The molecule has 114 valence electrons. The van der Waals surface area contributed by atoms with Gasteiger partial charge in [-0.2, -0.15) is 9.61 Å². The molecular formula is C14H11ClFN3O2S. The molecule has 8 heteroatoms. The van der Waals surface area contributed by atoms with Gasteiger partial charge in [-0.25, -0.2) is 9.37 Å². The average molecular weight is 340 g/mol. The molecule has 5 nitrogen and oxygen atoms in total. The molecule has 0 N–H and O–H groups in total. The van der Waals surface area contributed by atoms with E-state index in [0.29, 0.717) is 16.4 Å². The summed E-state index contributed by atoms with van der Waals surface area (Å²) in [5, 5.41) is 5.18. The van der Waals surface area contributed by atoms with Crippen LogP contribution in [0.15, 0.2) is 29.1 Å². The van der Waals surface area contributed by atoms with Gasteiger partial charge in [0.25, 0.3) is 5.56 Å². The zero-order valence-corrected chi connectivity index (χ0v) is 13.1. The highest BCUT2D eigenvalue weighted by Crippen LogP contribution is 2.25. The molecule has 0 aliphatic heterocycles. The molecule has 0 atom stereocenters. The molecule has 2 heterocycles. The summed E-state index contributed by atoms with van der Waals surface area (Å²) in [7, 11) is 0. The monoisotopic (exact) mass is 339 g/mol. The Kier molecular flexibility index (Phi) is 4.08. The molecule has 0 amide bonds. The van der Waals surface area contributed by atoms with E-state index in [1.165, 1.54) is 40.1 Å². The predicted molar refractivity (Wildman–Crippen MR) is 82.3 cm³/mol. The van der Waals surface area contributed by atoms with Gasteiger partial charge in [-0.05, 0) is 24.6 Å². The molecule has 0 saturated carbocycles. The van der Waals surface area contributed by atoms with Gasteiger partial charge in [-0.3, -0.25) is 4.79 Å². The number of hydrogen-bond donors (Lipinski definition) is 0. The normalized spacial score (nSPS) is 11.0. The first-order chi connectivity index (χ1) is 10.6. The van der Waals surface area contributed by atoms with Crippen LogP contribution in [0.5, 0.6) is 5.75 Å². The fourth-order valence-corrected chi connectivity index (χ4v) is 2.94. The van der Waals surface area contributed by atoms with E-state index in [1.54, 1.807) is 0 Å². The summed E-state index contributed by atoms with van der Waals surface area (Å²) in [6, 6.07) is 5.22. The molecule has 0 aliphatic carbocycles. The van der Waals surface area contributed by atoms with Crippen molar-refractivity contribution in [1.82, 2.24) is 14.6 Å². The number of fused-ring (bicyclic) bond motifs is 1. The Morgan fingerprint density at radius 1 is 1.41 bits per heavy atom. The van der Waals surface area contributed by atoms with Gasteiger partial charge < -0.3 is 4.74 Å². The summed E-state index contributed by atoms with van der Waals surface area (Å²) >= 11 is 7.25. The van der Waals surface area contributed by atoms with E-state index >= 15 is 0 Å². The van der Waals surface area contributed by atoms with E-state index in [9.17, 15) is 9.18 Å². The van der Waals surface area contributed by atoms with Crippen LogP contribution < -0.4 is 10.3 Å². The molecule has 3 aromatic rings. The van der Waals surface area contributed by atoms with Gasteiger partial charge in [0.15, 0.2) is 0 Å². The largest absolute Gasteiger partial charge is 0.486 e. The summed E-state index contributed by atoms with van der Waals surface area (Å²) in [5.74, 6) is -0.101. The van der Waals surface area contributed by atoms with Crippen molar-refractivity contribution >= 4 is 27.9 Å². The van der Waals surface area contributed by atoms with Gasteiger partial charge in [-0.15, -0.1) is 0 Å². The number of rotatable bonds is 4. The molecule has 0 fully saturated rings. The quantitative estimate of drug-likeness (QED) is 0.733. The van der Waals surface area contributed by atoms with Crippen LogP contribution in [0, 0.1) is 5.82 Å². The summed E-state index contributed by atoms with van der Waals surface area (Å²) in [6.45, 7) is 2.03. The number of nitrogens with zero attached hydrogens (tertiary/aromatic N) is 3. The minimum absolute atomic E-state index is 0.0659. The first-order valence-electron chi connectivity index (χ1n) is 6.53. The fourth-order valence-electron chi connectivity index (χ4n) is 1.86. The third-order valence-corrected chi connectivity index (χ3v) is 4.26. The Balaban J connectivity index is 1.86. The Hall–Kier alpha value is -1.99. The van der Waals surface area contributed by atoms with Gasteiger partial charge in [0, 0.05) is 6.07 Å². The van der Waals surface area contributed by atoms with Crippen molar-refractivity contribution in [2.45, 2.75) is 20.0 Å². The van der Waals surface area contributed by atoms with Crippen molar-refractivity contribution < 1.29 is 9.13 Å². The molecule has 22 heavy (non-hydrogen) atoms. The third kappa shape index (κ3) is 2.95. The van der Waals surface area contributed by atoms with Crippen molar-refractivity contribution in [3.63, 3.8) is 0 Å². The number of benzene rings is 1. The standard InChI is InChI=1S/C14H11ClFN3O2S/c1-2-12-18-19-13(20)6-9(17-14(19)22-12)7-21-11-4-3-8(16)5-10(11)15/h3-6H,2,7H2,1H3. The van der Waals surface area contributed by atoms with E-state index in [-0.39, 0.29) is 17.2 Å². The first kappa shape index (κ1) is 14.9. The van der Waals surface area contributed by atoms with E-state index in [1.807, 2.05) is 6.92 Å². The molecule has 0 aliphatic rings. The molecule has 0 spiro atoms. The van der Waals surface area contributed by atoms with Crippen LogP contribution in [0.2, 0.25) is 5.02 Å². The summed E-state index contributed by atoms with van der Waals surface area (Å²) in [6.07, 6.45) is 0.741. The topological polar surface area (TPSA) is 56.5 Å². The summed E-state index contributed by atoms with van der Waals surface area (Å²) in [5.41, 5.74) is 0.210. The minimum Gasteiger partial charge on any atom is -0.486 e. The molecule has 3 rings (SSSR count). The highest BCUT2D eigenvalue weighted by Gasteiger charge is 2.09. The van der Waals surface area contributed by atoms with Gasteiger partial charge >= 0.3 is 0 Å². The lowest BCUT2D eigenvalue weighted by Gasteiger charge is -2.07. The van der Waals surface area contributed by atoms with E-state index < -0.39 is 5.82 Å². The van der Waals surface area contributed by atoms with Gasteiger partial charge in [0.1, 0.15) is 23.2 Å². The van der Waals surface area contributed by atoms with Crippen molar-refractivity contribution in [2.24, 2.45) is 0 Å². The molecule has 0 unspecified atom stereocenters. The van der Waals surface area contributed by atoms with Gasteiger partial charge in [0.2, 0.25) is 4.96 Å². The molecule has 0 bridgehead atoms. The van der Waals surface area contributed by atoms with Crippen LogP contribution in [0.25, 0.3) is 4.96 Å². The van der Waals surface area contributed by atoms with Crippen molar-refractivity contribution in [3.05, 3.63) is 56.2 Å². The zero-order valence-electron chi connectivity index (χ0n) is 11.5. The Labute approximate surface area is 134 Å². The van der Waals surface area contributed by atoms with Crippen molar-refractivity contribution in [2.75, 3.05) is 0 Å². The van der Waals surface area contributed by atoms with Crippen LogP contribution in [0.4, 0.5) is 4.39 Å². The number of hydrogen-bond acceptors (Lipinski definition) is 5. The van der Waals surface area contributed by atoms with Crippen LogP contribution in [0.1, 0.15) is 17.6 Å². The zero-order chi connectivity index (χ0) is 15.7. The predicted octanol–water partition coefficient (Wildman–Crippen LogP) is 3.08. The number of halogens is 2. The molecule has 0 radical (unpaired) electrons. The highest BCUT2D eigenvalue weighted by molar-refractivity contribution is 7.16. The number of aryl methyl sites for hydroxylation is 1. The summed E-state index contributed by atoms with van der Waals surface area (Å²) in [4.78, 5) is 16.9. The molecular weight excluding hydrogens is 329 g/mol. The lowest BCUT2D eigenvalue weighted by atomic mass is 10.3. The molecule has 0 saturated heterocycles. The van der Waals surface area contributed by atoms with E-state index in [4.69, 9.17) is 16.3 Å². The van der Waals surface area contributed by atoms with Gasteiger partial charge in [-0.1, -0.05) is 29.9 Å². The average Bonchev–Trinajstić information content (AvgIpc) is 2.90. The summed E-state index contributed by atoms with van der Waals surface area (Å²) < 4.78 is 19.7. The number of aromatic nitrogens is 3. The van der Waals surface area contributed by atoms with Crippen LogP contribution in [0.3, 0.4) is 0 Å². The maximum Gasteiger partial charge on any atom is 0.275 e. The van der Waals surface area contributed by atoms with Crippen LogP contribution in [-0.2, 0) is 13.0 Å². The smallest absolute Gasteiger partial charge is 0.275 e. The van der Waals surface area contributed by atoms with Crippen LogP contribution >= 0.6 is 22.9 Å². The van der Waals surface area contributed by atoms with Crippen molar-refractivity contribution in [1.29, 1.82) is 0 Å². The molecule has 2 aromatic heterocycles. The second-order valence-electron chi connectivity index (χ2n) is 4.49. The Morgan fingerprint density at radius 3 is 2.95 bits per heavy atom. The third-order valence-electron chi connectivity index (χ3n) is 2.91. The maximum absolute atomic E-state index is 13.0.